The fourth-order valence-electron chi connectivity index (χ4n) is 4.36. The van der Waals surface area contributed by atoms with E-state index in [1.165, 1.54) is 12.0 Å². The molecule has 1 aliphatic heterocycles. The number of benzene rings is 2. The number of aromatic nitrogens is 2. The second-order valence-electron chi connectivity index (χ2n) is 8.44. The van der Waals surface area contributed by atoms with E-state index in [0.717, 1.165) is 41.1 Å². The van der Waals surface area contributed by atoms with Crippen molar-refractivity contribution in [3.05, 3.63) is 82.4 Å². The maximum atomic E-state index is 13.3. The number of ether oxygens (including phenoxy) is 1. The van der Waals surface area contributed by atoms with Crippen molar-refractivity contribution in [2.45, 2.75) is 33.2 Å². The largest absolute Gasteiger partial charge is 0.480 e. The summed E-state index contributed by atoms with van der Waals surface area (Å²) in [7, 11) is 1.35. The van der Waals surface area contributed by atoms with Crippen molar-refractivity contribution in [3.8, 4) is 0 Å². The molecule has 1 aliphatic rings. The summed E-state index contributed by atoms with van der Waals surface area (Å²) < 4.78 is 6.82. The van der Waals surface area contributed by atoms with Crippen LogP contribution in [-0.4, -0.2) is 46.2 Å². The molecule has 1 amide bonds. The Morgan fingerprint density at radius 1 is 1.14 bits per heavy atom. The van der Waals surface area contributed by atoms with E-state index in [1.807, 2.05) is 31.2 Å². The van der Waals surface area contributed by atoms with Gasteiger partial charge in [-0.2, -0.15) is 0 Å². The van der Waals surface area contributed by atoms with Crippen LogP contribution in [0.2, 0.25) is 0 Å². The lowest BCUT2D eigenvalue weighted by molar-refractivity contribution is -0.136. The van der Waals surface area contributed by atoms with E-state index in [0.29, 0.717) is 23.4 Å². The number of hydrogen-bond acceptors (Lipinski definition) is 5. The monoisotopic (exact) mass is 473 g/mol. The zero-order chi connectivity index (χ0) is 25.1. The lowest BCUT2D eigenvalue weighted by atomic mass is 10.0. The number of methoxy groups -OCH3 is 1. The summed E-state index contributed by atoms with van der Waals surface area (Å²) in [5, 5.41) is 9.35. The number of rotatable bonds is 8. The van der Waals surface area contributed by atoms with E-state index in [-0.39, 0.29) is 5.91 Å². The number of fused-ring (bicyclic) bond motifs is 1. The number of carboxylic acid groups (broad SMARTS) is 1. The quantitative estimate of drug-likeness (QED) is 0.393. The normalized spacial score (nSPS) is 13.9. The molecule has 0 saturated carbocycles. The Labute approximate surface area is 203 Å². The number of carboxylic acids is 1. The number of anilines is 1. The minimum atomic E-state index is -1.07. The Balaban J connectivity index is 1.76. The molecule has 2 aromatic carbocycles. The molecule has 8 nitrogen and oxygen atoms in total. The highest BCUT2D eigenvalue weighted by molar-refractivity contribution is 6.36. The first-order valence-corrected chi connectivity index (χ1v) is 11.4. The molecule has 8 heteroatoms. The van der Waals surface area contributed by atoms with Crippen LogP contribution in [0.25, 0.3) is 11.6 Å². The van der Waals surface area contributed by atoms with Crippen molar-refractivity contribution in [1.29, 1.82) is 0 Å². The summed E-state index contributed by atoms with van der Waals surface area (Å²) in [6.45, 7) is 4.09. The third-order valence-corrected chi connectivity index (χ3v) is 6.03. The van der Waals surface area contributed by atoms with Crippen LogP contribution < -0.4 is 4.90 Å². The number of carbonyl (C=O) groups is 3. The lowest BCUT2D eigenvalue weighted by Crippen LogP contribution is -2.32. The van der Waals surface area contributed by atoms with Gasteiger partial charge in [0.25, 0.3) is 5.91 Å². The molecule has 1 aromatic heterocycles. The molecule has 0 bridgehead atoms. The molecule has 0 fully saturated rings. The molecule has 0 atom stereocenters. The molecule has 0 spiro atoms. The Kier molecular flexibility index (Phi) is 6.82. The van der Waals surface area contributed by atoms with Crippen molar-refractivity contribution < 1.29 is 24.2 Å². The number of amides is 1. The van der Waals surface area contributed by atoms with Crippen LogP contribution in [0.3, 0.4) is 0 Å². The van der Waals surface area contributed by atoms with Crippen molar-refractivity contribution in [3.63, 3.8) is 0 Å². The fourth-order valence-corrected chi connectivity index (χ4v) is 4.36. The van der Waals surface area contributed by atoms with Crippen LogP contribution in [-0.2, 0) is 27.3 Å². The number of aryl methyl sites for hydroxylation is 2. The Bertz CT molecular complexity index is 1320. The van der Waals surface area contributed by atoms with Crippen LogP contribution in [0.1, 0.15) is 51.9 Å². The fraction of sp³-hybridized carbons (Fsp3) is 0.259. The van der Waals surface area contributed by atoms with Crippen molar-refractivity contribution >= 4 is 35.2 Å². The predicted octanol–water partition coefficient (Wildman–Crippen LogP) is 3.95. The van der Waals surface area contributed by atoms with Gasteiger partial charge < -0.3 is 14.4 Å². The number of hydrogen-bond donors (Lipinski definition) is 1. The molecule has 0 unspecified atom stereocenters. The summed E-state index contributed by atoms with van der Waals surface area (Å²) >= 11 is 0. The summed E-state index contributed by atoms with van der Waals surface area (Å²) in [4.78, 5) is 42.4. The van der Waals surface area contributed by atoms with Gasteiger partial charge in [0.15, 0.2) is 0 Å². The van der Waals surface area contributed by atoms with E-state index in [1.54, 1.807) is 30.5 Å². The summed E-state index contributed by atoms with van der Waals surface area (Å²) in [6, 6.07) is 12.7. The molecular formula is C27H27N3O5. The first kappa shape index (κ1) is 23.9. The second kappa shape index (κ2) is 9.97. The van der Waals surface area contributed by atoms with E-state index in [4.69, 9.17) is 4.74 Å². The molecule has 1 N–H and O–H groups in total. The van der Waals surface area contributed by atoms with Crippen molar-refractivity contribution in [2.24, 2.45) is 0 Å². The number of nitrogens with zero attached hydrogens (tertiary/aromatic N) is 3. The number of imidazole rings is 1. The molecular weight excluding hydrogens is 446 g/mol. The molecule has 4 rings (SSSR count). The van der Waals surface area contributed by atoms with Crippen LogP contribution >= 0.6 is 0 Å². The molecule has 3 aromatic rings. The van der Waals surface area contributed by atoms with E-state index in [9.17, 15) is 19.5 Å². The van der Waals surface area contributed by atoms with Crippen molar-refractivity contribution in [2.75, 3.05) is 18.6 Å². The van der Waals surface area contributed by atoms with Gasteiger partial charge in [-0.3, -0.25) is 14.5 Å². The van der Waals surface area contributed by atoms with E-state index >= 15 is 0 Å². The van der Waals surface area contributed by atoms with Gasteiger partial charge in [0, 0.05) is 18.5 Å². The molecule has 0 aliphatic carbocycles. The predicted molar refractivity (Wildman–Crippen MR) is 132 cm³/mol. The first-order chi connectivity index (χ1) is 16.8. The summed E-state index contributed by atoms with van der Waals surface area (Å²) in [5.74, 6) is -0.924. The Morgan fingerprint density at radius 3 is 2.54 bits per heavy atom. The van der Waals surface area contributed by atoms with Crippen LogP contribution in [0, 0.1) is 6.92 Å². The second-order valence-corrected chi connectivity index (χ2v) is 8.44. The van der Waals surface area contributed by atoms with Gasteiger partial charge in [-0.1, -0.05) is 31.2 Å². The minimum absolute atomic E-state index is 0.344. The summed E-state index contributed by atoms with van der Waals surface area (Å²) in [6.07, 6.45) is 5.20. The van der Waals surface area contributed by atoms with Gasteiger partial charge in [0.2, 0.25) is 0 Å². The topological polar surface area (TPSA) is 102 Å². The highest BCUT2D eigenvalue weighted by Crippen LogP contribution is 2.39. The third-order valence-electron chi connectivity index (χ3n) is 6.03. The maximum absolute atomic E-state index is 13.3. The standard InChI is InChI=1S/C27H27N3O5/c1-4-6-23-28-14-20(29(23)15-18-9-11-19(12-10-18)27(34)35-3)13-21-25-17(2)7-5-8-22(25)30(26(21)33)16-24(31)32/h5,7-14H,4,6,15-16H2,1-3H3,(H,31,32)/b21-13-. The Morgan fingerprint density at radius 2 is 1.89 bits per heavy atom. The average molecular weight is 474 g/mol. The van der Waals surface area contributed by atoms with Gasteiger partial charge in [0.05, 0.1) is 35.8 Å². The molecule has 180 valence electrons. The van der Waals surface area contributed by atoms with Gasteiger partial charge in [-0.25, -0.2) is 9.78 Å². The highest BCUT2D eigenvalue weighted by atomic mass is 16.5. The Hall–Kier alpha value is -4.20. The average Bonchev–Trinajstić information content (AvgIpc) is 3.33. The van der Waals surface area contributed by atoms with Crippen LogP contribution in [0.15, 0.2) is 48.7 Å². The van der Waals surface area contributed by atoms with Crippen LogP contribution in [0.4, 0.5) is 5.69 Å². The maximum Gasteiger partial charge on any atom is 0.337 e. The molecule has 0 saturated heterocycles. The lowest BCUT2D eigenvalue weighted by Gasteiger charge is -2.14. The SMILES string of the molecule is CCCc1ncc(/C=C2\C(=O)N(CC(=O)O)c3cccc(C)c32)n1Cc1ccc(C(=O)OC)cc1. The van der Waals surface area contributed by atoms with Gasteiger partial charge >= 0.3 is 11.9 Å². The van der Waals surface area contributed by atoms with Gasteiger partial charge in [-0.05, 0) is 48.7 Å². The van der Waals surface area contributed by atoms with Crippen LogP contribution in [0.5, 0.6) is 0 Å². The first-order valence-electron chi connectivity index (χ1n) is 11.4. The summed E-state index contributed by atoms with van der Waals surface area (Å²) in [5.41, 5.74) is 4.88. The van der Waals surface area contributed by atoms with E-state index < -0.39 is 18.5 Å². The van der Waals surface area contributed by atoms with E-state index in [2.05, 4.69) is 16.5 Å². The number of carbonyl (C=O) groups excluding carboxylic acids is 2. The highest BCUT2D eigenvalue weighted by Gasteiger charge is 2.34. The smallest absolute Gasteiger partial charge is 0.337 e. The van der Waals surface area contributed by atoms with Crippen molar-refractivity contribution in [1.82, 2.24) is 9.55 Å². The van der Waals surface area contributed by atoms with Gasteiger partial charge in [-0.15, -0.1) is 0 Å². The van der Waals surface area contributed by atoms with Gasteiger partial charge in [0.1, 0.15) is 12.4 Å². The number of aliphatic carboxylic acids is 1. The number of esters is 1. The zero-order valence-corrected chi connectivity index (χ0v) is 19.9. The molecule has 35 heavy (non-hydrogen) atoms. The minimum Gasteiger partial charge on any atom is -0.480 e. The third kappa shape index (κ3) is 4.73. The molecule has 0 radical (unpaired) electrons. The molecule has 2 heterocycles. The zero-order valence-electron chi connectivity index (χ0n) is 19.9.